The number of halogens is 1. The molecule has 0 spiro atoms. The Hall–Kier alpha value is -0.930. The second kappa shape index (κ2) is 5.81. The van der Waals surface area contributed by atoms with E-state index in [-0.39, 0.29) is 11.4 Å². The summed E-state index contributed by atoms with van der Waals surface area (Å²) in [5.41, 5.74) is 1.05. The highest BCUT2D eigenvalue weighted by Gasteiger charge is 2.28. The number of nitrogens with zero attached hydrogens (tertiary/aromatic N) is 1. The normalized spacial score (nSPS) is 19.9. The van der Waals surface area contributed by atoms with Crippen LogP contribution in [0.5, 0.6) is 0 Å². The van der Waals surface area contributed by atoms with E-state index < -0.39 is 0 Å². The lowest BCUT2D eigenvalue weighted by molar-refractivity contribution is 0.0895. The van der Waals surface area contributed by atoms with Crippen LogP contribution in [0.2, 0.25) is 0 Å². The Morgan fingerprint density at radius 1 is 1.33 bits per heavy atom. The van der Waals surface area contributed by atoms with Crippen molar-refractivity contribution in [3.63, 3.8) is 0 Å². The van der Waals surface area contributed by atoms with Gasteiger partial charge >= 0.3 is 0 Å². The van der Waals surface area contributed by atoms with Crippen LogP contribution in [-0.4, -0.2) is 36.6 Å². The smallest absolute Gasteiger partial charge is 0.126 e. The van der Waals surface area contributed by atoms with Crippen molar-refractivity contribution in [1.29, 1.82) is 0 Å². The predicted molar refractivity (Wildman–Crippen MR) is 73.2 cm³/mol. The first-order valence-corrected chi connectivity index (χ1v) is 6.79. The van der Waals surface area contributed by atoms with Crippen molar-refractivity contribution in [3.05, 3.63) is 35.6 Å². The molecule has 0 atom stereocenters. The molecule has 1 aromatic carbocycles. The summed E-state index contributed by atoms with van der Waals surface area (Å²) in [6.07, 6.45) is 1.84. The van der Waals surface area contributed by atoms with E-state index in [2.05, 4.69) is 24.1 Å². The van der Waals surface area contributed by atoms with Gasteiger partial charge in [0.05, 0.1) is 0 Å². The third-order valence-electron chi connectivity index (χ3n) is 3.80. The standard InChI is InChI=1S/C15H23FN2/c1-15(2)12-17-9-11-18(15)10-5-7-13-6-3-4-8-14(13)16/h3-4,6,8,17H,5,7,9-12H2,1-2H3. The second-order valence-electron chi connectivity index (χ2n) is 5.67. The molecular weight excluding hydrogens is 227 g/mol. The fraction of sp³-hybridized carbons (Fsp3) is 0.600. The SMILES string of the molecule is CC1(C)CNCCN1CCCc1ccccc1F. The van der Waals surface area contributed by atoms with Crippen LogP contribution in [0.15, 0.2) is 24.3 Å². The molecule has 0 unspecified atom stereocenters. The van der Waals surface area contributed by atoms with Crippen molar-refractivity contribution in [2.45, 2.75) is 32.2 Å². The summed E-state index contributed by atoms with van der Waals surface area (Å²) in [7, 11) is 0. The molecule has 0 saturated carbocycles. The van der Waals surface area contributed by atoms with E-state index >= 15 is 0 Å². The lowest BCUT2D eigenvalue weighted by Crippen LogP contribution is -2.58. The fourth-order valence-corrected chi connectivity index (χ4v) is 2.60. The zero-order chi connectivity index (χ0) is 13.0. The van der Waals surface area contributed by atoms with Gasteiger partial charge in [0, 0.05) is 25.2 Å². The van der Waals surface area contributed by atoms with Gasteiger partial charge in [-0.3, -0.25) is 4.90 Å². The van der Waals surface area contributed by atoms with Gasteiger partial charge in [-0.05, 0) is 44.9 Å². The van der Waals surface area contributed by atoms with Gasteiger partial charge in [0.25, 0.3) is 0 Å². The third kappa shape index (κ3) is 3.30. The van der Waals surface area contributed by atoms with Crippen LogP contribution in [0.3, 0.4) is 0 Å². The minimum Gasteiger partial charge on any atom is -0.314 e. The molecule has 1 fully saturated rings. The molecule has 0 aliphatic carbocycles. The molecule has 1 heterocycles. The van der Waals surface area contributed by atoms with Gasteiger partial charge in [-0.15, -0.1) is 0 Å². The van der Waals surface area contributed by atoms with Crippen LogP contribution in [0.4, 0.5) is 4.39 Å². The number of piperazine rings is 1. The molecule has 2 rings (SSSR count). The summed E-state index contributed by atoms with van der Waals surface area (Å²) in [4.78, 5) is 2.50. The summed E-state index contributed by atoms with van der Waals surface area (Å²) >= 11 is 0. The molecule has 1 aromatic rings. The zero-order valence-electron chi connectivity index (χ0n) is 11.4. The number of benzene rings is 1. The van der Waals surface area contributed by atoms with Gasteiger partial charge in [-0.2, -0.15) is 0 Å². The molecule has 2 nitrogen and oxygen atoms in total. The fourth-order valence-electron chi connectivity index (χ4n) is 2.60. The molecule has 1 aliphatic heterocycles. The highest BCUT2D eigenvalue weighted by Crippen LogP contribution is 2.17. The molecule has 1 saturated heterocycles. The van der Waals surface area contributed by atoms with E-state index in [1.807, 2.05) is 12.1 Å². The second-order valence-corrected chi connectivity index (χ2v) is 5.67. The molecule has 3 heteroatoms. The summed E-state index contributed by atoms with van der Waals surface area (Å²) in [6.45, 7) is 8.76. The minimum atomic E-state index is -0.0722. The predicted octanol–water partition coefficient (Wildman–Crippen LogP) is 2.44. The third-order valence-corrected chi connectivity index (χ3v) is 3.80. The maximum Gasteiger partial charge on any atom is 0.126 e. The molecule has 18 heavy (non-hydrogen) atoms. The Balaban J connectivity index is 1.83. The highest BCUT2D eigenvalue weighted by atomic mass is 19.1. The lowest BCUT2D eigenvalue weighted by atomic mass is 9.99. The number of hydrogen-bond donors (Lipinski definition) is 1. The summed E-state index contributed by atoms with van der Waals surface area (Å²) in [6, 6.07) is 7.09. The molecule has 0 aromatic heterocycles. The average Bonchev–Trinajstić information content (AvgIpc) is 2.33. The Morgan fingerprint density at radius 2 is 2.11 bits per heavy atom. The summed E-state index contributed by atoms with van der Waals surface area (Å²) in [5, 5.41) is 3.42. The van der Waals surface area contributed by atoms with Crippen LogP contribution in [0, 0.1) is 5.82 Å². The maximum absolute atomic E-state index is 13.5. The first-order valence-electron chi connectivity index (χ1n) is 6.79. The van der Waals surface area contributed by atoms with E-state index in [0.29, 0.717) is 0 Å². The van der Waals surface area contributed by atoms with Gasteiger partial charge in [-0.25, -0.2) is 4.39 Å². The Bertz CT molecular complexity index is 390. The lowest BCUT2D eigenvalue weighted by Gasteiger charge is -2.43. The van der Waals surface area contributed by atoms with Gasteiger partial charge in [0.2, 0.25) is 0 Å². The molecule has 0 amide bonds. The molecule has 1 aliphatic rings. The molecule has 1 N–H and O–H groups in total. The number of rotatable bonds is 4. The Labute approximate surface area is 109 Å². The van der Waals surface area contributed by atoms with E-state index in [4.69, 9.17) is 0 Å². The number of aryl methyl sites for hydroxylation is 1. The van der Waals surface area contributed by atoms with E-state index in [9.17, 15) is 4.39 Å². The van der Waals surface area contributed by atoms with Crippen molar-refractivity contribution in [3.8, 4) is 0 Å². The maximum atomic E-state index is 13.5. The van der Waals surface area contributed by atoms with Gasteiger partial charge in [-0.1, -0.05) is 18.2 Å². The van der Waals surface area contributed by atoms with Crippen LogP contribution in [0.1, 0.15) is 25.8 Å². The summed E-state index contributed by atoms with van der Waals surface area (Å²) < 4.78 is 13.5. The van der Waals surface area contributed by atoms with E-state index in [1.165, 1.54) is 0 Å². The van der Waals surface area contributed by atoms with Crippen molar-refractivity contribution < 1.29 is 4.39 Å². The van der Waals surface area contributed by atoms with Crippen LogP contribution in [-0.2, 0) is 6.42 Å². The van der Waals surface area contributed by atoms with Gasteiger partial charge < -0.3 is 5.32 Å². The van der Waals surface area contributed by atoms with Gasteiger partial charge in [0.15, 0.2) is 0 Å². The van der Waals surface area contributed by atoms with Crippen molar-refractivity contribution >= 4 is 0 Å². The van der Waals surface area contributed by atoms with Crippen molar-refractivity contribution in [2.24, 2.45) is 0 Å². The minimum absolute atomic E-state index is 0.0722. The van der Waals surface area contributed by atoms with Gasteiger partial charge in [0.1, 0.15) is 5.82 Å². The van der Waals surface area contributed by atoms with Crippen molar-refractivity contribution in [2.75, 3.05) is 26.2 Å². The Kier molecular flexibility index (Phi) is 4.36. The largest absolute Gasteiger partial charge is 0.314 e. The van der Waals surface area contributed by atoms with E-state index in [1.54, 1.807) is 12.1 Å². The first-order chi connectivity index (χ1) is 8.59. The zero-order valence-corrected chi connectivity index (χ0v) is 11.4. The van der Waals surface area contributed by atoms with Crippen molar-refractivity contribution in [1.82, 2.24) is 10.2 Å². The Morgan fingerprint density at radius 3 is 2.83 bits per heavy atom. The average molecular weight is 250 g/mol. The van der Waals surface area contributed by atoms with E-state index in [0.717, 1.165) is 44.6 Å². The summed E-state index contributed by atoms with van der Waals surface area (Å²) in [5.74, 6) is -0.0722. The highest BCUT2D eigenvalue weighted by molar-refractivity contribution is 5.17. The number of nitrogens with one attached hydrogen (secondary N) is 1. The number of hydrogen-bond acceptors (Lipinski definition) is 2. The molecule has 0 bridgehead atoms. The topological polar surface area (TPSA) is 15.3 Å². The monoisotopic (exact) mass is 250 g/mol. The first kappa shape index (κ1) is 13.5. The van der Waals surface area contributed by atoms with Crippen LogP contribution >= 0.6 is 0 Å². The van der Waals surface area contributed by atoms with Crippen LogP contribution < -0.4 is 5.32 Å². The quantitative estimate of drug-likeness (QED) is 0.883. The molecule has 0 radical (unpaired) electrons. The van der Waals surface area contributed by atoms with Crippen LogP contribution in [0.25, 0.3) is 0 Å². The molecule has 100 valence electrons. The molecular formula is C15H23FN2.